The monoisotopic (exact) mass is 1800 g/mol. The highest BCUT2D eigenvalue weighted by molar-refractivity contribution is 7.90. The molecule has 4 aliphatic heterocycles. The fourth-order valence-electron chi connectivity index (χ4n) is 16.5. The Bertz CT molecular complexity index is 5230. The number of nitrogens with one attached hydrogen (secondary N) is 7. The Labute approximate surface area is 738 Å². The summed E-state index contributed by atoms with van der Waals surface area (Å²) in [5.41, 5.74) is 5.42. The van der Waals surface area contributed by atoms with Gasteiger partial charge in [0.1, 0.15) is 94.0 Å². The van der Waals surface area contributed by atoms with Gasteiger partial charge < -0.3 is 75.6 Å². The SMILES string of the molecule is COc1ccc2c(O[C@@H]3C[C@@H](C(=O)N[C@]45CC4/C=C\CCCCCS(=O)(=O)NC5=O)N(C(=O)[C@@H](NC(=O)OC4CCCC4)C(C)(C)C)C3)cc(-c3csc(NC(C)C)n3)nc2c1.COc1ccc2c(O[C@@H]3C[C@@H](C(=O)O)N(C(=O)[C@@H](NC(=O)OC4CCCC4)C(C)(C)C)C3)cc(-c3csc(NC(C)C)n3)nc2c1.N[C@]12CC1/C=C\CCCCCS(=O)(=O)NC2=O. The molecule has 2 unspecified atom stereocenters. The van der Waals surface area contributed by atoms with Crippen LogP contribution in [0, 0.1) is 22.7 Å². The number of ether oxygens (including phenoxy) is 6. The molecule has 4 aliphatic carbocycles. The zero-order valence-electron chi connectivity index (χ0n) is 73.2. The minimum atomic E-state index is -3.96. The van der Waals surface area contributed by atoms with Crippen molar-refractivity contribution in [2.45, 2.75) is 269 Å². The van der Waals surface area contributed by atoms with Gasteiger partial charge in [-0.2, -0.15) is 0 Å². The lowest BCUT2D eigenvalue weighted by Crippen LogP contribution is -2.60. The van der Waals surface area contributed by atoms with E-state index in [0.29, 0.717) is 99.7 Å². The van der Waals surface area contributed by atoms with Crippen molar-refractivity contribution < 1.29 is 88.7 Å². The van der Waals surface area contributed by atoms with E-state index in [2.05, 4.69) is 36.0 Å². The van der Waals surface area contributed by atoms with Crippen LogP contribution < -0.4 is 60.7 Å². The standard InChI is InChI=1S/C44H59N7O9S2.C33H43N5O7S.C11H18N2O3S/c1-26(2)45-41-47-34(25-61-41)33-22-36(31-18-17-29(58-6)20-32(31)46-33)59-30-21-35(51(24-30)39(53)37(43(3,4)5)48-42(55)60-28-15-11-12-16-28)38(52)49-44-23-27(44)14-10-8-7-9-13-19-62(56,57)50-40(44)54;1-18(2)34-31-36-25(17-46-31)24-15-27(22-12-11-20(43-6)13-23(22)35-24)44-21-14-26(30(40)41)38(16-21)29(39)28(33(3,4)5)37-32(42)45-19-9-7-8-10-19;12-11-8-9(11)6-4-2-1-3-5-7-17(15,16)13-10(11)14/h10,14,17-18,20,22,25-28,30,35,37H,7-9,11-13,15-16,19,21,23-24H2,1-6H3,(H,45,47)(H,48,55)(H,49,52)(H,50,54);11-13,15,17-19,21,26,28H,7-10,14,16H2,1-6H3,(H,34,36)(H,37,42)(H,40,41);4,6,9H,1-3,5,7-8,12H2,(H,13,14)/b14-10-;;6-4-/t27?,30-,35+,37-,44-;21-,26+,28-;9?,11-/m111/s1. The molecule has 8 heterocycles. The average molecular weight is 1810 g/mol. The largest absolute Gasteiger partial charge is 0.497 e. The number of anilines is 2. The number of nitrogens with two attached hydrogens (primary N) is 1. The van der Waals surface area contributed by atoms with Crippen LogP contribution in [0.5, 0.6) is 23.0 Å². The van der Waals surface area contributed by atoms with Crippen molar-refractivity contribution in [2.75, 3.05) is 49.4 Å². The van der Waals surface area contributed by atoms with E-state index in [1.807, 2.05) is 116 Å². The van der Waals surface area contributed by atoms with Crippen LogP contribution in [0.15, 0.2) is 83.6 Å². The van der Waals surface area contributed by atoms with Gasteiger partial charge in [-0.1, -0.05) is 78.7 Å². The number of amides is 7. The first-order valence-corrected chi connectivity index (χ1v) is 48.3. The third-order valence-electron chi connectivity index (χ3n) is 23.5. The topological polar surface area (TPSA) is 449 Å². The molecule has 6 fully saturated rings. The molecule has 8 aliphatic rings. The lowest BCUT2D eigenvalue weighted by molar-refractivity contribution is -0.150. The summed E-state index contributed by atoms with van der Waals surface area (Å²) in [7, 11) is -4.31. The smallest absolute Gasteiger partial charge is 0.408 e. The molecule has 0 radical (unpaired) electrons. The van der Waals surface area contributed by atoms with Gasteiger partial charge in [-0.15, -0.1) is 22.7 Å². The Hall–Kier alpha value is -9.98. The third-order valence-corrected chi connectivity index (χ3v) is 27.7. The van der Waals surface area contributed by atoms with Crippen LogP contribution in [0.3, 0.4) is 0 Å². The minimum absolute atomic E-state index is 0.00318. The Morgan fingerprint density at radius 3 is 1.42 bits per heavy atom. The molecule has 10 atom stereocenters. The Morgan fingerprint density at radius 1 is 0.552 bits per heavy atom. The number of rotatable bonds is 21. The number of methoxy groups -OCH3 is 2. The van der Waals surface area contributed by atoms with E-state index in [-0.39, 0.29) is 74.1 Å². The highest BCUT2D eigenvalue weighted by Gasteiger charge is 2.62. The van der Waals surface area contributed by atoms with E-state index in [4.69, 9.17) is 54.1 Å². The Kier molecular flexibility index (Phi) is 30.1. The van der Waals surface area contributed by atoms with Crippen molar-refractivity contribution in [2.24, 2.45) is 28.4 Å². The first-order chi connectivity index (χ1) is 59.2. The molecule has 2 saturated heterocycles. The number of benzene rings is 2. The fourth-order valence-corrected chi connectivity index (χ4v) is 20.5. The summed E-state index contributed by atoms with van der Waals surface area (Å²) in [4.78, 5) is 130. The van der Waals surface area contributed by atoms with Gasteiger partial charge in [0.2, 0.25) is 37.8 Å². The van der Waals surface area contributed by atoms with E-state index in [9.17, 15) is 60.3 Å². The molecule has 0 spiro atoms. The number of thiazole rings is 2. The zero-order chi connectivity index (χ0) is 90.1. The second-order valence-corrected chi connectivity index (χ2v) is 41.8. The number of nitrogens with zero attached hydrogens (tertiary/aromatic N) is 6. The van der Waals surface area contributed by atoms with Crippen molar-refractivity contribution in [3.8, 4) is 45.8 Å². The normalized spacial score (nSPS) is 24.9. The van der Waals surface area contributed by atoms with E-state index in [0.717, 1.165) is 87.3 Å². The molecule has 125 heavy (non-hydrogen) atoms. The van der Waals surface area contributed by atoms with Gasteiger partial charge >= 0.3 is 18.2 Å². The van der Waals surface area contributed by atoms with Gasteiger partial charge in [-0.3, -0.25) is 33.4 Å². The summed E-state index contributed by atoms with van der Waals surface area (Å²) in [6, 6.07) is 10.5. The quantitative estimate of drug-likeness (QED) is 0.0302. The van der Waals surface area contributed by atoms with Crippen molar-refractivity contribution in [1.82, 2.24) is 55.1 Å². The lowest BCUT2D eigenvalue weighted by atomic mass is 9.85. The number of carboxylic acid groups (broad SMARTS) is 1. The number of carbonyl (C=O) groups is 8. The van der Waals surface area contributed by atoms with E-state index < -0.39 is 132 Å². The van der Waals surface area contributed by atoms with Crippen molar-refractivity contribution in [3.05, 3.63) is 83.6 Å². The number of hydrogen-bond acceptors (Lipinski definition) is 27. The Balaban J connectivity index is 0.000000197. The molecule has 0 bridgehead atoms. The van der Waals surface area contributed by atoms with Crippen molar-refractivity contribution in [1.29, 1.82) is 0 Å². The van der Waals surface area contributed by atoms with Crippen molar-refractivity contribution in [3.63, 3.8) is 0 Å². The lowest BCUT2D eigenvalue weighted by Gasteiger charge is -2.35. The van der Waals surface area contributed by atoms with Gasteiger partial charge in [0.15, 0.2) is 10.3 Å². The predicted molar refractivity (Wildman–Crippen MR) is 476 cm³/mol. The fraction of sp³-hybridized carbons (Fsp3) is 0.591. The molecule has 6 aromatic rings. The number of aromatic nitrogens is 4. The molecule has 7 amide bonds. The molecule has 14 rings (SSSR count). The number of pyridine rings is 2. The summed E-state index contributed by atoms with van der Waals surface area (Å²) in [6.07, 6.45) is 18.4. The number of alkyl carbamates (subject to hydrolysis) is 2. The van der Waals surface area contributed by atoms with Crippen LogP contribution in [0.25, 0.3) is 44.6 Å². The maximum absolute atomic E-state index is 14.9. The highest BCUT2D eigenvalue weighted by Crippen LogP contribution is 2.47. The maximum Gasteiger partial charge on any atom is 0.408 e. The number of carboxylic acids is 1. The summed E-state index contributed by atoms with van der Waals surface area (Å²) >= 11 is 2.92. The zero-order valence-corrected chi connectivity index (χ0v) is 76.4. The van der Waals surface area contributed by atoms with E-state index in [1.54, 1.807) is 50.6 Å². The van der Waals surface area contributed by atoms with Crippen LogP contribution in [0.2, 0.25) is 0 Å². The molecular weight excluding hydrogens is 1690 g/mol. The highest BCUT2D eigenvalue weighted by atomic mass is 32.2. The molecule has 33 nitrogen and oxygen atoms in total. The molecule has 2 aromatic carbocycles. The third kappa shape index (κ3) is 24.2. The number of sulfonamides is 2. The summed E-state index contributed by atoms with van der Waals surface area (Å²) < 4.78 is 88.9. The molecule has 4 saturated carbocycles. The minimum Gasteiger partial charge on any atom is -0.497 e. The molecule has 37 heteroatoms. The predicted octanol–water partition coefficient (Wildman–Crippen LogP) is 12.1. The second-order valence-electron chi connectivity index (χ2n) is 36.4. The van der Waals surface area contributed by atoms with Crippen LogP contribution >= 0.6 is 22.7 Å². The first kappa shape index (κ1) is 94.2. The van der Waals surface area contributed by atoms with Crippen LogP contribution in [0.4, 0.5) is 19.9 Å². The van der Waals surface area contributed by atoms with Crippen LogP contribution in [0.1, 0.15) is 198 Å². The average Bonchev–Trinajstić information content (AvgIpc) is 1.57. The van der Waals surface area contributed by atoms with E-state index >= 15 is 0 Å². The maximum atomic E-state index is 14.9. The van der Waals surface area contributed by atoms with Gasteiger partial charge in [-0.25, -0.2) is 51.2 Å². The second kappa shape index (κ2) is 39.9. The van der Waals surface area contributed by atoms with Crippen LogP contribution in [-0.4, -0.2) is 210 Å². The number of fused-ring (bicyclic) bond motifs is 4. The molecule has 4 aromatic heterocycles. The number of aliphatic carboxylic acids is 1. The summed E-state index contributed by atoms with van der Waals surface area (Å²) in [5, 5.41) is 31.9. The number of likely N-dealkylation sites (tertiary alicyclic amines) is 2. The molecule has 10 N–H and O–H groups in total. The van der Waals surface area contributed by atoms with E-state index in [1.165, 1.54) is 32.5 Å². The first-order valence-electron chi connectivity index (χ1n) is 43.3. The summed E-state index contributed by atoms with van der Waals surface area (Å²) in [5.74, 6) is -2.70. The molecular formula is C88H120N14O19S4. The van der Waals surface area contributed by atoms with Gasteiger partial charge in [0.25, 0.3) is 11.8 Å². The van der Waals surface area contributed by atoms with Gasteiger partial charge in [0, 0.05) is 82.6 Å². The Morgan fingerprint density at radius 2 is 0.984 bits per heavy atom. The van der Waals surface area contributed by atoms with Crippen LogP contribution in [-0.2, 0) is 58.3 Å². The van der Waals surface area contributed by atoms with Gasteiger partial charge in [0.05, 0.1) is 61.2 Å². The van der Waals surface area contributed by atoms with Crippen molar-refractivity contribution >= 4 is 122 Å². The van der Waals surface area contributed by atoms with Gasteiger partial charge in [-0.05, 0) is 166 Å². The number of allylic oxidation sites excluding steroid dienone is 2. The number of carbonyl (C=O) groups excluding carboxylic acids is 7. The number of hydrogen-bond donors (Lipinski definition) is 9. The molecule has 680 valence electrons. The summed E-state index contributed by atoms with van der Waals surface area (Å²) in [6.45, 7) is 19.0.